The minimum atomic E-state index is -2.86. The number of halogens is 2. The van der Waals surface area contributed by atoms with E-state index in [1.54, 1.807) is 30.7 Å². The van der Waals surface area contributed by atoms with Gasteiger partial charge in [0.15, 0.2) is 0 Å². The third-order valence-corrected chi connectivity index (χ3v) is 7.05. The van der Waals surface area contributed by atoms with Crippen LogP contribution >= 0.6 is 0 Å². The molecule has 0 saturated heterocycles. The summed E-state index contributed by atoms with van der Waals surface area (Å²) < 4.78 is 29.1. The summed E-state index contributed by atoms with van der Waals surface area (Å²) in [7, 11) is 3.95. The van der Waals surface area contributed by atoms with E-state index in [2.05, 4.69) is 37.5 Å². The number of amides is 1. The molecular weight excluding hydrogens is 424 g/mol. The van der Waals surface area contributed by atoms with Crippen molar-refractivity contribution >= 4 is 16.8 Å². The highest BCUT2D eigenvalue weighted by Crippen LogP contribution is 2.65. The Bertz CT molecular complexity index is 1090. The normalized spacial score (nSPS) is 17.2. The third-order valence-electron chi connectivity index (χ3n) is 7.05. The number of aromatic nitrogens is 3. The number of likely N-dealkylation sites (N-methyl/N-ethyl adjacent to an activating group) is 1. The van der Waals surface area contributed by atoms with E-state index in [-0.39, 0.29) is 18.4 Å². The molecule has 176 valence electrons. The molecule has 2 atom stereocenters. The van der Waals surface area contributed by atoms with Gasteiger partial charge in [0.25, 0.3) is 5.92 Å². The van der Waals surface area contributed by atoms with Crippen LogP contribution in [0.4, 0.5) is 8.78 Å². The molecule has 33 heavy (non-hydrogen) atoms. The zero-order valence-corrected chi connectivity index (χ0v) is 19.3. The molecule has 1 fully saturated rings. The predicted octanol–water partition coefficient (Wildman–Crippen LogP) is 4.16. The lowest BCUT2D eigenvalue weighted by molar-refractivity contribution is -0.123. The van der Waals surface area contributed by atoms with Gasteiger partial charge in [-0.05, 0) is 69.6 Å². The average molecular weight is 456 g/mol. The van der Waals surface area contributed by atoms with E-state index in [0.29, 0.717) is 24.9 Å². The first kappa shape index (κ1) is 23.3. The van der Waals surface area contributed by atoms with Crippen LogP contribution in [0.15, 0.2) is 48.9 Å². The van der Waals surface area contributed by atoms with E-state index in [1.165, 1.54) is 0 Å². The van der Waals surface area contributed by atoms with Crippen LogP contribution in [0.3, 0.4) is 0 Å². The van der Waals surface area contributed by atoms with Crippen molar-refractivity contribution in [3.05, 3.63) is 60.0 Å². The van der Waals surface area contributed by atoms with Crippen LogP contribution in [0.25, 0.3) is 10.9 Å². The molecule has 4 rings (SSSR count). The van der Waals surface area contributed by atoms with Crippen molar-refractivity contribution < 1.29 is 13.6 Å². The van der Waals surface area contributed by atoms with Gasteiger partial charge in [-0.25, -0.2) is 8.78 Å². The number of carbonyl (C=O) groups excluding carboxylic acids is 1. The van der Waals surface area contributed by atoms with E-state index < -0.39 is 17.3 Å². The molecule has 0 aliphatic heterocycles. The molecular formula is C25H31F2N5O. The number of pyridine rings is 1. The van der Waals surface area contributed by atoms with Crippen LogP contribution in [-0.4, -0.2) is 58.6 Å². The number of alkyl halides is 2. The summed E-state index contributed by atoms with van der Waals surface area (Å²) in [6, 6.07) is 9.75. The van der Waals surface area contributed by atoms with Gasteiger partial charge >= 0.3 is 0 Å². The summed E-state index contributed by atoms with van der Waals surface area (Å²) in [5.41, 5.74) is 1.66. The third kappa shape index (κ3) is 5.05. The van der Waals surface area contributed by atoms with E-state index in [9.17, 15) is 13.6 Å². The van der Waals surface area contributed by atoms with Crippen LogP contribution in [0.5, 0.6) is 0 Å². The number of fused-ring (bicyclic) bond motifs is 1. The maximum absolute atomic E-state index is 14.5. The first-order valence-corrected chi connectivity index (χ1v) is 11.3. The minimum absolute atomic E-state index is 0.0241. The molecule has 2 N–H and O–H groups in total. The van der Waals surface area contributed by atoms with E-state index in [0.717, 1.165) is 29.8 Å². The molecule has 0 bridgehead atoms. The Hall–Kier alpha value is -2.87. The van der Waals surface area contributed by atoms with Crippen molar-refractivity contribution in [1.82, 2.24) is 25.4 Å². The van der Waals surface area contributed by atoms with Gasteiger partial charge in [-0.1, -0.05) is 12.1 Å². The Morgan fingerprint density at radius 2 is 2.06 bits per heavy atom. The summed E-state index contributed by atoms with van der Waals surface area (Å²) >= 11 is 0. The van der Waals surface area contributed by atoms with Crippen LogP contribution in [-0.2, 0) is 11.2 Å². The number of rotatable bonds is 10. The van der Waals surface area contributed by atoms with Gasteiger partial charge in [0, 0.05) is 48.1 Å². The highest BCUT2D eigenvalue weighted by Gasteiger charge is 2.63. The van der Waals surface area contributed by atoms with Gasteiger partial charge in [-0.15, -0.1) is 0 Å². The Morgan fingerprint density at radius 1 is 1.27 bits per heavy atom. The first-order chi connectivity index (χ1) is 15.7. The molecule has 2 aromatic heterocycles. The van der Waals surface area contributed by atoms with Crippen molar-refractivity contribution in [2.75, 3.05) is 20.6 Å². The lowest BCUT2D eigenvalue weighted by atomic mass is 9.77. The molecule has 0 spiro atoms. The van der Waals surface area contributed by atoms with Crippen LogP contribution in [0.1, 0.15) is 43.2 Å². The second-order valence-corrected chi connectivity index (χ2v) is 9.50. The molecule has 3 aromatic rings. The Labute approximate surface area is 192 Å². The van der Waals surface area contributed by atoms with Gasteiger partial charge < -0.3 is 10.2 Å². The van der Waals surface area contributed by atoms with E-state index in [4.69, 9.17) is 0 Å². The molecule has 8 heteroatoms. The lowest BCUT2D eigenvalue weighted by Gasteiger charge is -2.32. The summed E-state index contributed by atoms with van der Waals surface area (Å²) in [6.07, 6.45) is 6.63. The summed E-state index contributed by atoms with van der Waals surface area (Å²) in [4.78, 5) is 19.1. The number of carbonyl (C=O) groups is 1. The fraction of sp³-hybridized carbons (Fsp3) is 0.480. The predicted molar refractivity (Wildman–Crippen MR) is 124 cm³/mol. The topological polar surface area (TPSA) is 73.9 Å². The van der Waals surface area contributed by atoms with Crippen molar-refractivity contribution in [2.24, 2.45) is 5.41 Å². The van der Waals surface area contributed by atoms with Gasteiger partial charge in [0.2, 0.25) is 5.91 Å². The molecule has 1 aromatic carbocycles. The molecule has 0 unspecified atom stereocenters. The van der Waals surface area contributed by atoms with Crippen LogP contribution in [0, 0.1) is 5.41 Å². The highest BCUT2D eigenvalue weighted by molar-refractivity contribution is 5.78. The number of hydrogen-bond acceptors (Lipinski definition) is 4. The number of benzene rings is 1. The lowest BCUT2D eigenvalue weighted by Crippen LogP contribution is -2.43. The smallest absolute Gasteiger partial charge is 0.251 e. The van der Waals surface area contributed by atoms with Gasteiger partial charge in [0.05, 0.1) is 11.7 Å². The summed E-state index contributed by atoms with van der Waals surface area (Å²) in [6.45, 7) is 1.41. The molecule has 1 aliphatic rings. The summed E-state index contributed by atoms with van der Waals surface area (Å²) in [5, 5.41) is 11.1. The largest absolute Gasteiger partial charge is 0.355 e. The first-order valence-electron chi connectivity index (χ1n) is 11.3. The number of nitrogens with one attached hydrogen (secondary N) is 2. The Morgan fingerprint density at radius 3 is 2.70 bits per heavy atom. The molecule has 2 heterocycles. The molecule has 6 nitrogen and oxygen atoms in total. The summed E-state index contributed by atoms with van der Waals surface area (Å²) in [5.74, 6) is -3.63. The minimum Gasteiger partial charge on any atom is -0.355 e. The van der Waals surface area contributed by atoms with Crippen LogP contribution in [0.2, 0.25) is 0 Å². The quantitative estimate of drug-likeness (QED) is 0.482. The molecule has 1 amide bonds. The van der Waals surface area contributed by atoms with Gasteiger partial charge in [-0.3, -0.25) is 14.9 Å². The fourth-order valence-corrected chi connectivity index (χ4v) is 4.76. The number of H-pyrrole nitrogens is 1. The molecule has 1 saturated carbocycles. The zero-order valence-electron chi connectivity index (χ0n) is 19.3. The number of aromatic amines is 1. The SMILES string of the molecule is CN(C)[C@H](CNC(=O)C[C@@H](c1cccnc1)C1(C(C)(F)F)CC1)Cc1ccc2[nH]ncc2c1. The Kier molecular flexibility index (Phi) is 6.47. The monoisotopic (exact) mass is 455 g/mol. The standard InChI is InChI=1S/C25H31F2N5O/c1-24(26,27)25(8-9-25)21(18-5-4-10-28-14-18)13-23(33)29-16-20(32(2)3)12-17-6-7-22-19(11-17)15-30-31-22/h4-7,10-11,14-15,20-21H,8-9,12-13,16H2,1-3H3,(H,29,33)(H,30,31)/t20-,21-/m0/s1. The Balaban J connectivity index is 1.43. The van der Waals surface area contributed by atoms with Crippen molar-refractivity contribution in [3.8, 4) is 0 Å². The highest BCUT2D eigenvalue weighted by atomic mass is 19.3. The van der Waals surface area contributed by atoms with E-state index >= 15 is 0 Å². The van der Waals surface area contributed by atoms with Crippen molar-refractivity contribution in [2.45, 2.75) is 50.5 Å². The maximum Gasteiger partial charge on any atom is 0.251 e. The fourth-order valence-electron chi connectivity index (χ4n) is 4.76. The van der Waals surface area contributed by atoms with Gasteiger partial charge in [0.1, 0.15) is 0 Å². The second kappa shape index (κ2) is 9.17. The second-order valence-electron chi connectivity index (χ2n) is 9.50. The number of hydrogen-bond donors (Lipinski definition) is 2. The molecule has 0 radical (unpaired) electrons. The number of nitrogens with zero attached hydrogens (tertiary/aromatic N) is 3. The van der Waals surface area contributed by atoms with Crippen LogP contribution < -0.4 is 5.32 Å². The van der Waals surface area contributed by atoms with Gasteiger partial charge in [-0.2, -0.15) is 5.10 Å². The van der Waals surface area contributed by atoms with E-state index in [1.807, 2.05) is 20.2 Å². The molecule has 1 aliphatic carbocycles. The average Bonchev–Trinajstić information content (AvgIpc) is 3.47. The van der Waals surface area contributed by atoms with Crippen molar-refractivity contribution in [1.29, 1.82) is 0 Å². The van der Waals surface area contributed by atoms with Crippen molar-refractivity contribution in [3.63, 3.8) is 0 Å². The maximum atomic E-state index is 14.5. The zero-order chi connectivity index (χ0) is 23.6.